The molecule has 0 heterocycles. The topological polar surface area (TPSA) is 26.3 Å². The monoisotopic (exact) mass is 348 g/mol. The average molecular weight is 348 g/mol. The van der Waals surface area contributed by atoms with Crippen LogP contribution >= 0.6 is 0 Å². The van der Waals surface area contributed by atoms with Crippen LogP contribution in [0.25, 0.3) is 0 Å². The lowest BCUT2D eigenvalue weighted by Gasteiger charge is -2.37. The summed E-state index contributed by atoms with van der Waals surface area (Å²) < 4.78 is 32.8. The molecule has 2 fully saturated rings. The highest BCUT2D eigenvalue weighted by Gasteiger charge is 2.32. The van der Waals surface area contributed by atoms with Crippen LogP contribution in [0.5, 0.6) is 0 Å². The molecule has 0 spiro atoms. The second-order valence-electron chi connectivity index (χ2n) is 7.43. The number of carbonyl (C=O) groups excluding carboxylic acids is 1. The summed E-state index contributed by atoms with van der Waals surface area (Å²) in [7, 11) is 0. The second kappa shape index (κ2) is 8.11. The Morgan fingerprint density at radius 2 is 1.60 bits per heavy atom. The van der Waals surface area contributed by atoms with Gasteiger partial charge in [0.15, 0.2) is 11.6 Å². The van der Waals surface area contributed by atoms with E-state index in [-0.39, 0.29) is 18.0 Å². The van der Waals surface area contributed by atoms with E-state index in [1.807, 2.05) is 0 Å². The van der Waals surface area contributed by atoms with Gasteiger partial charge in [-0.3, -0.25) is 0 Å². The summed E-state index contributed by atoms with van der Waals surface area (Å²) in [6.45, 7) is 3.43. The lowest BCUT2D eigenvalue weighted by atomic mass is 9.69. The van der Waals surface area contributed by atoms with Gasteiger partial charge in [0.25, 0.3) is 0 Å². The Kier molecular flexibility index (Phi) is 5.87. The van der Waals surface area contributed by atoms with E-state index in [9.17, 15) is 13.6 Å². The van der Waals surface area contributed by atoms with Crippen LogP contribution < -0.4 is 0 Å². The van der Waals surface area contributed by atoms with Gasteiger partial charge in [-0.15, -0.1) is 0 Å². The van der Waals surface area contributed by atoms with Crippen molar-refractivity contribution >= 4 is 5.97 Å². The highest BCUT2D eigenvalue weighted by molar-refractivity contribution is 5.81. The number of rotatable bonds is 4. The van der Waals surface area contributed by atoms with Crippen LogP contribution in [0.3, 0.4) is 0 Å². The summed E-state index contributed by atoms with van der Waals surface area (Å²) >= 11 is 0. The van der Waals surface area contributed by atoms with Crippen molar-refractivity contribution in [1.29, 1.82) is 0 Å². The molecule has 1 aromatic rings. The highest BCUT2D eigenvalue weighted by Crippen LogP contribution is 2.43. The van der Waals surface area contributed by atoms with Crippen LogP contribution in [0.1, 0.15) is 62.8 Å². The maximum atomic E-state index is 14.0. The molecule has 4 heteroatoms. The van der Waals surface area contributed by atoms with Crippen molar-refractivity contribution in [2.45, 2.75) is 63.4 Å². The Bertz CT molecular complexity index is 612. The third kappa shape index (κ3) is 4.28. The molecule has 0 amide bonds. The molecule has 0 saturated heterocycles. The summed E-state index contributed by atoms with van der Waals surface area (Å²) in [5.41, 5.74) is 0.540. The first-order chi connectivity index (χ1) is 12.1. The van der Waals surface area contributed by atoms with Gasteiger partial charge >= 0.3 is 5.97 Å². The Hall–Kier alpha value is -1.71. The van der Waals surface area contributed by atoms with E-state index in [1.165, 1.54) is 12.1 Å². The SMILES string of the molecule is C=CC(=O)OC1CCC(C2CCC(c3cccc(F)c3F)CC2)CC1. The summed E-state index contributed by atoms with van der Waals surface area (Å²) in [5, 5.41) is 0. The fraction of sp³-hybridized carbons (Fsp3) is 0.571. The van der Waals surface area contributed by atoms with Crippen molar-refractivity contribution in [3.8, 4) is 0 Å². The molecule has 2 aliphatic rings. The van der Waals surface area contributed by atoms with E-state index in [0.717, 1.165) is 51.4 Å². The number of hydrogen-bond acceptors (Lipinski definition) is 2. The first-order valence-corrected chi connectivity index (χ1v) is 9.35. The van der Waals surface area contributed by atoms with E-state index in [0.29, 0.717) is 17.4 Å². The number of ether oxygens (including phenoxy) is 1. The molecule has 136 valence electrons. The first kappa shape index (κ1) is 18.1. The van der Waals surface area contributed by atoms with Crippen LogP contribution in [0, 0.1) is 23.5 Å². The van der Waals surface area contributed by atoms with Crippen LogP contribution in [0.15, 0.2) is 30.9 Å². The smallest absolute Gasteiger partial charge is 0.330 e. The standard InChI is InChI=1S/C21H26F2O2/c1-2-20(24)25-17-12-10-15(11-13-17)14-6-8-16(9-7-14)18-4-3-5-19(22)21(18)23/h2-5,14-17H,1,6-13H2. The molecule has 0 bridgehead atoms. The number of hydrogen-bond donors (Lipinski definition) is 0. The summed E-state index contributed by atoms with van der Waals surface area (Å²) in [5.74, 6) is -0.290. The van der Waals surface area contributed by atoms with E-state index in [2.05, 4.69) is 6.58 Å². The Morgan fingerprint density at radius 1 is 1.00 bits per heavy atom. The number of halogens is 2. The van der Waals surface area contributed by atoms with Gasteiger partial charge in [-0.25, -0.2) is 13.6 Å². The molecule has 3 rings (SSSR count). The Balaban J connectivity index is 1.49. The summed E-state index contributed by atoms with van der Waals surface area (Å²) in [6.07, 6.45) is 9.25. The van der Waals surface area contributed by atoms with E-state index in [4.69, 9.17) is 4.74 Å². The van der Waals surface area contributed by atoms with Crippen molar-refractivity contribution < 1.29 is 18.3 Å². The lowest BCUT2D eigenvalue weighted by molar-refractivity contribution is -0.145. The fourth-order valence-electron chi connectivity index (χ4n) is 4.63. The van der Waals surface area contributed by atoms with Crippen LogP contribution in [-0.2, 0) is 9.53 Å². The zero-order valence-corrected chi connectivity index (χ0v) is 14.6. The predicted molar refractivity (Wildman–Crippen MR) is 93.1 cm³/mol. The summed E-state index contributed by atoms with van der Waals surface area (Å²) in [4.78, 5) is 11.3. The third-order valence-corrected chi connectivity index (χ3v) is 6.03. The molecule has 0 aliphatic heterocycles. The maximum Gasteiger partial charge on any atom is 0.330 e. The van der Waals surface area contributed by atoms with Crippen LogP contribution in [0.2, 0.25) is 0 Å². The molecule has 0 atom stereocenters. The van der Waals surface area contributed by atoms with Crippen molar-refractivity contribution in [1.82, 2.24) is 0 Å². The molecule has 0 aromatic heterocycles. The van der Waals surface area contributed by atoms with Crippen molar-refractivity contribution in [2.24, 2.45) is 11.8 Å². The van der Waals surface area contributed by atoms with Crippen molar-refractivity contribution in [3.63, 3.8) is 0 Å². The zero-order chi connectivity index (χ0) is 17.8. The average Bonchev–Trinajstić information content (AvgIpc) is 2.65. The number of esters is 1. The predicted octanol–water partition coefficient (Wildman–Crippen LogP) is 5.53. The Labute approximate surface area is 148 Å². The minimum atomic E-state index is -0.744. The van der Waals surface area contributed by atoms with Crippen molar-refractivity contribution in [2.75, 3.05) is 0 Å². The van der Waals surface area contributed by atoms with Crippen molar-refractivity contribution in [3.05, 3.63) is 48.1 Å². The minimum absolute atomic E-state index is 0.0273. The van der Waals surface area contributed by atoms with Gasteiger partial charge in [-0.2, -0.15) is 0 Å². The van der Waals surface area contributed by atoms with Crippen LogP contribution in [-0.4, -0.2) is 12.1 Å². The molecule has 25 heavy (non-hydrogen) atoms. The zero-order valence-electron chi connectivity index (χ0n) is 14.6. The normalized spacial score (nSPS) is 29.8. The molecule has 2 nitrogen and oxygen atoms in total. The summed E-state index contributed by atoms with van der Waals surface area (Å²) in [6, 6.07) is 4.51. The lowest BCUT2D eigenvalue weighted by Crippen LogP contribution is -2.29. The molecule has 1 aromatic carbocycles. The number of carbonyl (C=O) groups is 1. The highest BCUT2D eigenvalue weighted by atomic mass is 19.2. The molecule has 0 radical (unpaired) electrons. The quantitative estimate of drug-likeness (QED) is 0.528. The minimum Gasteiger partial charge on any atom is -0.459 e. The maximum absolute atomic E-state index is 14.0. The van der Waals surface area contributed by atoms with E-state index >= 15 is 0 Å². The van der Waals surface area contributed by atoms with Gasteiger partial charge < -0.3 is 4.74 Å². The van der Waals surface area contributed by atoms with Gasteiger partial charge in [0.05, 0.1) is 0 Å². The van der Waals surface area contributed by atoms with E-state index in [1.54, 1.807) is 12.1 Å². The first-order valence-electron chi connectivity index (χ1n) is 9.35. The molecular formula is C21H26F2O2. The molecule has 2 saturated carbocycles. The van der Waals surface area contributed by atoms with Gasteiger partial charge in [-0.05, 0) is 80.8 Å². The largest absolute Gasteiger partial charge is 0.459 e. The van der Waals surface area contributed by atoms with E-state index < -0.39 is 11.6 Å². The number of benzene rings is 1. The van der Waals surface area contributed by atoms with Gasteiger partial charge in [0.1, 0.15) is 6.10 Å². The Morgan fingerprint density at radius 3 is 2.20 bits per heavy atom. The molecule has 2 aliphatic carbocycles. The van der Waals surface area contributed by atoms with Gasteiger partial charge in [-0.1, -0.05) is 18.7 Å². The second-order valence-corrected chi connectivity index (χ2v) is 7.43. The van der Waals surface area contributed by atoms with Crippen LogP contribution in [0.4, 0.5) is 8.78 Å². The molecular weight excluding hydrogens is 322 g/mol. The molecule has 0 unspecified atom stereocenters. The molecule has 0 N–H and O–H groups in total. The van der Waals surface area contributed by atoms with Gasteiger partial charge in [0.2, 0.25) is 0 Å². The fourth-order valence-corrected chi connectivity index (χ4v) is 4.63. The van der Waals surface area contributed by atoms with Gasteiger partial charge in [0, 0.05) is 6.08 Å². The third-order valence-electron chi connectivity index (χ3n) is 6.03.